The number of thiazole rings is 1. The van der Waals surface area contributed by atoms with Crippen LogP contribution in [0.25, 0.3) is 0 Å². The molecule has 0 atom stereocenters. The van der Waals surface area contributed by atoms with Crippen molar-refractivity contribution < 1.29 is 13.5 Å². The highest BCUT2D eigenvalue weighted by Crippen LogP contribution is 2.19. The molecule has 0 N–H and O–H groups in total. The molecule has 0 radical (unpaired) electrons. The molecule has 1 heterocycles. The van der Waals surface area contributed by atoms with Crippen LogP contribution in [-0.2, 0) is 6.61 Å². The Morgan fingerprint density at radius 1 is 1.38 bits per heavy atom. The first-order valence-corrected chi connectivity index (χ1v) is 5.52. The van der Waals surface area contributed by atoms with Crippen molar-refractivity contribution in [2.24, 2.45) is 0 Å². The van der Waals surface area contributed by atoms with Crippen LogP contribution in [0.1, 0.15) is 10.7 Å². The molecular formula is C11H9F2NOS. The quantitative estimate of drug-likeness (QED) is 0.822. The summed E-state index contributed by atoms with van der Waals surface area (Å²) in [6, 6.07) is 3.22. The maximum absolute atomic E-state index is 13.2. The van der Waals surface area contributed by atoms with Crippen molar-refractivity contribution in [3.63, 3.8) is 0 Å². The second-order valence-electron chi connectivity index (χ2n) is 3.25. The van der Waals surface area contributed by atoms with E-state index in [0.29, 0.717) is 0 Å². The number of hydrogen-bond acceptors (Lipinski definition) is 3. The number of aryl methyl sites for hydroxylation is 1. The van der Waals surface area contributed by atoms with Gasteiger partial charge in [0.15, 0.2) is 11.6 Å². The molecule has 0 aliphatic heterocycles. The lowest BCUT2D eigenvalue weighted by molar-refractivity contribution is 0.288. The molecule has 0 saturated heterocycles. The lowest BCUT2D eigenvalue weighted by Crippen LogP contribution is -1.97. The molecule has 5 heteroatoms. The van der Waals surface area contributed by atoms with Gasteiger partial charge in [-0.1, -0.05) is 0 Å². The van der Waals surface area contributed by atoms with Crippen LogP contribution in [0.4, 0.5) is 8.78 Å². The Balaban J connectivity index is 2.04. The van der Waals surface area contributed by atoms with E-state index < -0.39 is 11.6 Å². The normalized spacial score (nSPS) is 10.4. The third kappa shape index (κ3) is 2.55. The number of halogens is 2. The fourth-order valence-corrected chi connectivity index (χ4v) is 1.88. The summed E-state index contributed by atoms with van der Waals surface area (Å²) in [7, 11) is 0. The molecule has 0 amide bonds. The second kappa shape index (κ2) is 4.57. The Morgan fingerprint density at radius 2 is 2.19 bits per heavy atom. The van der Waals surface area contributed by atoms with E-state index in [9.17, 15) is 8.78 Å². The summed E-state index contributed by atoms with van der Waals surface area (Å²) in [5.41, 5.74) is 0.906. The van der Waals surface area contributed by atoms with Crippen molar-refractivity contribution in [3.05, 3.63) is 45.9 Å². The molecule has 0 saturated carbocycles. The van der Waals surface area contributed by atoms with Crippen LogP contribution in [-0.4, -0.2) is 4.98 Å². The van der Waals surface area contributed by atoms with Crippen LogP contribution in [0.5, 0.6) is 5.75 Å². The average molecular weight is 241 g/mol. The number of benzene rings is 1. The van der Waals surface area contributed by atoms with Crippen LogP contribution in [0, 0.1) is 18.6 Å². The summed E-state index contributed by atoms with van der Waals surface area (Å²) in [4.78, 5) is 4.17. The molecule has 0 unspecified atom stereocenters. The van der Waals surface area contributed by atoms with Crippen molar-refractivity contribution in [2.75, 3.05) is 0 Å². The van der Waals surface area contributed by atoms with Crippen molar-refractivity contribution in [1.82, 2.24) is 4.98 Å². The van der Waals surface area contributed by atoms with Gasteiger partial charge in [0, 0.05) is 17.1 Å². The van der Waals surface area contributed by atoms with Gasteiger partial charge in [-0.25, -0.2) is 13.8 Å². The molecule has 16 heavy (non-hydrogen) atoms. The van der Waals surface area contributed by atoms with Crippen LogP contribution in [0.3, 0.4) is 0 Å². The van der Waals surface area contributed by atoms with Gasteiger partial charge >= 0.3 is 0 Å². The van der Waals surface area contributed by atoms with Gasteiger partial charge < -0.3 is 4.74 Å². The molecule has 1 aromatic carbocycles. The first-order chi connectivity index (χ1) is 7.65. The van der Waals surface area contributed by atoms with Crippen LogP contribution < -0.4 is 4.74 Å². The summed E-state index contributed by atoms with van der Waals surface area (Å²) in [5, 5.41) is 2.65. The van der Waals surface area contributed by atoms with Gasteiger partial charge in [-0.15, -0.1) is 11.3 Å². The van der Waals surface area contributed by atoms with E-state index in [-0.39, 0.29) is 12.4 Å². The number of nitrogens with zero attached hydrogens (tertiary/aromatic N) is 1. The Hall–Kier alpha value is -1.49. The van der Waals surface area contributed by atoms with E-state index in [0.717, 1.165) is 22.8 Å². The Bertz CT molecular complexity index is 498. The van der Waals surface area contributed by atoms with Crippen LogP contribution >= 0.6 is 11.3 Å². The number of aromatic nitrogens is 1. The Morgan fingerprint density at radius 3 is 2.81 bits per heavy atom. The molecule has 0 spiro atoms. The zero-order chi connectivity index (χ0) is 11.5. The smallest absolute Gasteiger partial charge is 0.167 e. The van der Waals surface area contributed by atoms with Gasteiger partial charge in [-0.3, -0.25) is 0 Å². The minimum atomic E-state index is -0.701. The van der Waals surface area contributed by atoms with Crippen LogP contribution in [0.15, 0.2) is 23.6 Å². The number of rotatable bonds is 3. The highest BCUT2D eigenvalue weighted by Gasteiger charge is 2.06. The number of ether oxygens (including phenoxy) is 1. The van der Waals surface area contributed by atoms with Crippen molar-refractivity contribution in [1.29, 1.82) is 0 Å². The first-order valence-electron chi connectivity index (χ1n) is 4.64. The predicted molar refractivity (Wildman–Crippen MR) is 57.5 cm³/mol. The molecule has 0 fully saturated rings. The minimum absolute atomic E-state index is 0.0363. The van der Waals surface area contributed by atoms with E-state index in [1.807, 2.05) is 12.3 Å². The molecule has 0 bridgehead atoms. The lowest BCUT2D eigenvalue weighted by atomic mass is 10.3. The molecular weight excluding hydrogens is 232 g/mol. The van der Waals surface area contributed by atoms with Gasteiger partial charge in [-0.05, 0) is 19.1 Å². The lowest BCUT2D eigenvalue weighted by Gasteiger charge is -2.04. The van der Waals surface area contributed by atoms with E-state index in [1.165, 1.54) is 17.4 Å². The highest BCUT2D eigenvalue weighted by atomic mass is 32.1. The van der Waals surface area contributed by atoms with Gasteiger partial charge in [-0.2, -0.15) is 0 Å². The van der Waals surface area contributed by atoms with E-state index in [4.69, 9.17) is 4.74 Å². The van der Waals surface area contributed by atoms with Gasteiger partial charge in [0.1, 0.15) is 17.4 Å². The fraction of sp³-hybridized carbons (Fsp3) is 0.182. The third-order valence-corrected chi connectivity index (χ3v) is 2.85. The summed E-state index contributed by atoms with van der Waals surface area (Å²) >= 11 is 1.45. The average Bonchev–Trinajstić information content (AvgIpc) is 2.63. The van der Waals surface area contributed by atoms with Crippen molar-refractivity contribution in [3.8, 4) is 5.75 Å². The third-order valence-electron chi connectivity index (χ3n) is 1.91. The second-order valence-corrected chi connectivity index (χ2v) is 4.19. The minimum Gasteiger partial charge on any atom is -0.483 e. The van der Waals surface area contributed by atoms with Gasteiger partial charge in [0.05, 0.1) is 0 Å². The zero-order valence-corrected chi connectivity index (χ0v) is 9.35. The van der Waals surface area contributed by atoms with E-state index >= 15 is 0 Å². The van der Waals surface area contributed by atoms with E-state index in [2.05, 4.69) is 4.98 Å². The topological polar surface area (TPSA) is 22.1 Å². The first kappa shape index (κ1) is 11.0. The number of hydrogen-bond donors (Lipinski definition) is 0. The van der Waals surface area contributed by atoms with Gasteiger partial charge in [0.25, 0.3) is 0 Å². The molecule has 2 aromatic rings. The van der Waals surface area contributed by atoms with Gasteiger partial charge in [0.2, 0.25) is 0 Å². The summed E-state index contributed by atoms with van der Waals surface area (Å²) < 4.78 is 31.0. The Labute approximate surface area is 95.5 Å². The standard InChI is InChI=1S/C11H9F2NOS/c1-7-6-16-11(14-7)5-15-10-3-2-8(12)4-9(10)13/h2-4,6H,5H2,1H3. The van der Waals surface area contributed by atoms with Crippen molar-refractivity contribution in [2.45, 2.75) is 13.5 Å². The molecule has 2 nitrogen and oxygen atoms in total. The summed E-state index contributed by atoms with van der Waals surface area (Å²) in [5.74, 6) is -1.28. The largest absolute Gasteiger partial charge is 0.483 e. The van der Waals surface area contributed by atoms with E-state index in [1.54, 1.807) is 0 Å². The monoisotopic (exact) mass is 241 g/mol. The summed E-state index contributed by atoms with van der Waals surface area (Å²) in [6.45, 7) is 2.07. The Kier molecular flexibility index (Phi) is 3.14. The molecule has 0 aliphatic carbocycles. The summed E-state index contributed by atoms with van der Waals surface area (Å²) in [6.07, 6.45) is 0. The predicted octanol–water partition coefficient (Wildman–Crippen LogP) is 3.31. The van der Waals surface area contributed by atoms with Crippen LogP contribution in [0.2, 0.25) is 0 Å². The maximum Gasteiger partial charge on any atom is 0.167 e. The maximum atomic E-state index is 13.2. The fourth-order valence-electron chi connectivity index (χ4n) is 1.20. The molecule has 1 aromatic heterocycles. The van der Waals surface area contributed by atoms with Crippen molar-refractivity contribution >= 4 is 11.3 Å². The zero-order valence-electron chi connectivity index (χ0n) is 8.54. The SMILES string of the molecule is Cc1csc(COc2ccc(F)cc2F)n1. The molecule has 0 aliphatic rings. The highest BCUT2D eigenvalue weighted by molar-refractivity contribution is 7.09. The molecule has 2 rings (SSSR count). The molecule has 84 valence electrons.